The fraction of sp³-hybridized carbons (Fsp3) is 0.692. The van der Waals surface area contributed by atoms with Gasteiger partial charge in [0.25, 0.3) is 0 Å². The number of anilines is 1. The second-order valence-corrected chi connectivity index (χ2v) is 4.66. The highest BCUT2D eigenvalue weighted by Crippen LogP contribution is 2.25. The number of aliphatic hydroxyl groups excluding tert-OH is 1. The summed E-state index contributed by atoms with van der Waals surface area (Å²) in [6.07, 6.45) is 9.65. The van der Waals surface area contributed by atoms with Gasteiger partial charge in [0.1, 0.15) is 5.82 Å². The van der Waals surface area contributed by atoms with Crippen LogP contribution in [0.4, 0.5) is 5.82 Å². The van der Waals surface area contributed by atoms with Crippen LogP contribution in [0.2, 0.25) is 0 Å². The Balaban J connectivity index is 2.16. The minimum absolute atomic E-state index is 0.0346. The van der Waals surface area contributed by atoms with Crippen molar-refractivity contribution in [2.75, 3.05) is 11.4 Å². The molecule has 1 aromatic heterocycles. The molecule has 94 valence electrons. The van der Waals surface area contributed by atoms with Crippen LogP contribution < -0.4 is 4.90 Å². The molecule has 0 saturated carbocycles. The van der Waals surface area contributed by atoms with E-state index in [1.807, 2.05) is 6.20 Å². The van der Waals surface area contributed by atoms with Crippen LogP contribution in [-0.2, 0) is 6.61 Å². The summed E-state index contributed by atoms with van der Waals surface area (Å²) in [6, 6.07) is 0.594. The van der Waals surface area contributed by atoms with Crippen molar-refractivity contribution >= 4 is 5.82 Å². The molecule has 1 unspecified atom stereocenters. The highest BCUT2D eigenvalue weighted by atomic mass is 16.3. The van der Waals surface area contributed by atoms with Crippen molar-refractivity contribution in [1.82, 2.24) is 9.97 Å². The molecule has 4 heteroatoms. The Labute approximate surface area is 103 Å². The summed E-state index contributed by atoms with van der Waals surface area (Å²) in [6.45, 7) is 3.25. The number of nitrogens with zero attached hydrogens (tertiary/aromatic N) is 3. The first kappa shape index (κ1) is 12.3. The smallest absolute Gasteiger partial charge is 0.147 e. The largest absolute Gasteiger partial charge is 0.390 e. The van der Waals surface area contributed by atoms with Crippen LogP contribution >= 0.6 is 0 Å². The van der Waals surface area contributed by atoms with Gasteiger partial charge in [-0.2, -0.15) is 0 Å². The van der Waals surface area contributed by atoms with Gasteiger partial charge in [-0.3, -0.25) is 4.98 Å². The van der Waals surface area contributed by atoms with Gasteiger partial charge in [0.2, 0.25) is 0 Å². The topological polar surface area (TPSA) is 49.2 Å². The van der Waals surface area contributed by atoms with Gasteiger partial charge in [0.15, 0.2) is 0 Å². The van der Waals surface area contributed by atoms with E-state index in [1.54, 1.807) is 6.20 Å². The lowest BCUT2D eigenvalue weighted by Gasteiger charge is -2.36. The molecule has 1 N–H and O–H groups in total. The van der Waals surface area contributed by atoms with Crippen molar-refractivity contribution in [3.8, 4) is 0 Å². The first-order valence-corrected chi connectivity index (χ1v) is 6.53. The van der Waals surface area contributed by atoms with Crippen LogP contribution in [0.15, 0.2) is 12.4 Å². The molecular formula is C13H21N3O. The number of piperidine rings is 1. The summed E-state index contributed by atoms with van der Waals surface area (Å²) < 4.78 is 0. The van der Waals surface area contributed by atoms with Crippen molar-refractivity contribution in [1.29, 1.82) is 0 Å². The lowest BCUT2D eigenvalue weighted by molar-refractivity contribution is 0.276. The van der Waals surface area contributed by atoms with E-state index < -0.39 is 0 Å². The monoisotopic (exact) mass is 235 g/mol. The Morgan fingerprint density at radius 3 is 3.06 bits per heavy atom. The van der Waals surface area contributed by atoms with Gasteiger partial charge in [-0.05, 0) is 25.7 Å². The molecule has 0 spiro atoms. The van der Waals surface area contributed by atoms with Gasteiger partial charge < -0.3 is 10.0 Å². The van der Waals surface area contributed by atoms with Crippen molar-refractivity contribution < 1.29 is 5.11 Å². The van der Waals surface area contributed by atoms with Crippen molar-refractivity contribution in [3.05, 3.63) is 18.1 Å². The number of hydrogen-bond acceptors (Lipinski definition) is 4. The van der Waals surface area contributed by atoms with Crippen LogP contribution in [0.1, 0.15) is 44.7 Å². The second kappa shape index (κ2) is 5.96. The summed E-state index contributed by atoms with van der Waals surface area (Å²) in [5.74, 6) is 0.926. The standard InChI is InChI=1S/C13H21N3O/c1-2-5-12-6-3-4-7-16(12)13-9-14-8-11(10-17)15-13/h8-9,12,17H,2-7,10H2,1H3. The third-order valence-electron chi connectivity index (χ3n) is 3.38. The Bertz CT molecular complexity index is 354. The maximum Gasteiger partial charge on any atom is 0.147 e. The molecule has 1 atom stereocenters. The number of hydrogen-bond donors (Lipinski definition) is 1. The molecule has 1 fully saturated rings. The molecule has 1 aromatic rings. The van der Waals surface area contributed by atoms with Crippen molar-refractivity contribution in [3.63, 3.8) is 0 Å². The van der Waals surface area contributed by atoms with E-state index in [0.29, 0.717) is 11.7 Å². The first-order valence-electron chi connectivity index (χ1n) is 6.53. The molecule has 0 bridgehead atoms. The lowest BCUT2D eigenvalue weighted by Crippen LogP contribution is -2.40. The summed E-state index contributed by atoms with van der Waals surface area (Å²) in [4.78, 5) is 11.0. The van der Waals surface area contributed by atoms with Crippen LogP contribution in [-0.4, -0.2) is 27.7 Å². The number of aromatic nitrogens is 2. The summed E-state index contributed by atoms with van der Waals surface area (Å²) in [5.41, 5.74) is 0.656. The Hall–Kier alpha value is -1.16. The number of aliphatic hydroxyl groups is 1. The Kier molecular flexibility index (Phi) is 4.31. The van der Waals surface area contributed by atoms with E-state index in [-0.39, 0.29) is 6.61 Å². The number of rotatable bonds is 4. The summed E-state index contributed by atoms with van der Waals surface area (Å²) in [7, 11) is 0. The second-order valence-electron chi connectivity index (χ2n) is 4.66. The molecular weight excluding hydrogens is 214 g/mol. The first-order chi connectivity index (χ1) is 8.35. The average molecular weight is 235 g/mol. The Morgan fingerprint density at radius 2 is 2.29 bits per heavy atom. The lowest BCUT2D eigenvalue weighted by atomic mass is 9.98. The third kappa shape index (κ3) is 2.94. The molecule has 0 aliphatic carbocycles. The van der Waals surface area contributed by atoms with Crippen LogP contribution in [0.25, 0.3) is 0 Å². The molecule has 1 aliphatic heterocycles. The van der Waals surface area contributed by atoms with E-state index in [0.717, 1.165) is 12.4 Å². The van der Waals surface area contributed by atoms with E-state index >= 15 is 0 Å². The zero-order chi connectivity index (χ0) is 12.1. The van der Waals surface area contributed by atoms with E-state index in [9.17, 15) is 0 Å². The molecule has 0 amide bonds. The molecule has 4 nitrogen and oxygen atoms in total. The fourth-order valence-corrected chi connectivity index (χ4v) is 2.54. The normalized spacial score (nSPS) is 20.6. The highest BCUT2D eigenvalue weighted by Gasteiger charge is 2.22. The molecule has 0 radical (unpaired) electrons. The Morgan fingerprint density at radius 1 is 1.41 bits per heavy atom. The van der Waals surface area contributed by atoms with Crippen molar-refractivity contribution in [2.24, 2.45) is 0 Å². The third-order valence-corrected chi connectivity index (χ3v) is 3.38. The van der Waals surface area contributed by atoms with E-state index in [2.05, 4.69) is 21.8 Å². The van der Waals surface area contributed by atoms with E-state index in [1.165, 1.54) is 32.1 Å². The van der Waals surface area contributed by atoms with Gasteiger partial charge in [-0.25, -0.2) is 4.98 Å². The summed E-state index contributed by atoms with van der Waals surface area (Å²) in [5, 5.41) is 9.11. The van der Waals surface area contributed by atoms with Gasteiger partial charge in [-0.15, -0.1) is 0 Å². The van der Waals surface area contributed by atoms with Crippen LogP contribution in [0.5, 0.6) is 0 Å². The molecule has 2 heterocycles. The zero-order valence-electron chi connectivity index (χ0n) is 10.5. The maximum atomic E-state index is 9.11. The zero-order valence-corrected chi connectivity index (χ0v) is 10.5. The van der Waals surface area contributed by atoms with Gasteiger partial charge in [0.05, 0.1) is 24.7 Å². The molecule has 0 aromatic carbocycles. The van der Waals surface area contributed by atoms with Gasteiger partial charge in [0, 0.05) is 12.6 Å². The fourth-order valence-electron chi connectivity index (χ4n) is 2.54. The predicted octanol–water partition coefficient (Wildman–Crippen LogP) is 2.13. The van der Waals surface area contributed by atoms with Crippen LogP contribution in [0.3, 0.4) is 0 Å². The van der Waals surface area contributed by atoms with Crippen LogP contribution in [0, 0.1) is 0 Å². The van der Waals surface area contributed by atoms with E-state index in [4.69, 9.17) is 5.11 Å². The highest BCUT2D eigenvalue weighted by molar-refractivity contribution is 5.38. The van der Waals surface area contributed by atoms with Gasteiger partial charge >= 0.3 is 0 Å². The quantitative estimate of drug-likeness (QED) is 0.868. The predicted molar refractivity (Wildman–Crippen MR) is 67.8 cm³/mol. The van der Waals surface area contributed by atoms with Crippen molar-refractivity contribution in [2.45, 2.75) is 51.7 Å². The molecule has 1 aliphatic rings. The minimum Gasteiger partial charge on any atom is -0.390 e. The molecule has 17 heavy (non-hydrogen) atoms. The molecule has 2 rings (SSSR count). The summed E-state index contributed by atoms with van der Waals surface area (Å²) >= 11 is 0. The average Bonchev–Trinajstić information content (AvgIpc) is 2.40. The minimum atomic E-state index is -0.0346. The SMILES string of the molecule is CCCC1CCCCN1c1cncc(CO)n1. The maximum absolute atomic E-state index is 9.11. The molecule has 1 saturated heterocycles. The van der Waals surface area contributed by atoms with Gasteiger partial charge in [-0.1, -0.05) is 13.3 Å².